The van der Waals surface area contributed by atoms with Crippen LogP contribution in [0.4, 0.5) is 0 Å². The molecule has 0 radical (unpaired) electrons. The number of benzene rings is 6. The van der Waals surface area contributed by atoms with Crippen molar-refractivity contribution in [3.8, 4) is 16.8 Å². The lowest BCUT2D eigenvalue weighted by Crippen LogP contribution is -2.20. The van der Waals surface area contributed by atoms with Gasteiger partial charge in [-0.15, -0.1) is 0 Å². The summed E-state index contributed by atoms with van der Waals surface area (Å²) in [7, 11) is 0. The first-order chi connectivity index (χ1) is 17.7. The van der Waals surface area contributed by atoms with Gasteiger partial charge in [0.05, 0.1) is 11.2 Å². The smallest absolute Gasteiger partial charge is 0.263 e. The monoisotopic (exact) mass is 461 g/mol. The number of pyridine rings is 1. The summed E-state index contributed by atoms with van der Waals surface area (Å²) >= 11 is 0. The lowest BCUT2D eigenvalue weighted by atomic mass is 9.88. The van der Waals surface area contributed by atoms with E-state index in [9.17, 15) is 4.79 Å². The van der Waals surface area contributed by atoms with Crippen molar-refractivity contribution in [1.82, 2.24) is 4.57 Å². The Kier molecular flexibility index (Phi) is 4.55. The minimum Gasteiger partial charge on any atom is -0.275 e. The van der Waals surface area contributed by atoms with Gasteiger partial charge < -0.3 is 0 Å². The number of hydrogen-bond donors (Lipinski definition) is 0. The van der Waals surface area contributed by atoms with E-state index in [0.29, 0.717) is 0 Å². The molecule has 0 atom stereocenters. The van der Waals surface area contributed by atoms with Crippen LogP contribution >= 0.6 is 0 Å². The van der Waals surface area contributed by atoms with E-state index in [1.54, 1.807) is 0 Å². The summed E-state index contributed by atoms with van der Waals surface area (Å²) in [6, 6.07) is 41.7. The first-order valence-corrected chi connectivity index (χ1v) is 12.3. The second kappa shape index (κ2) is 7.93. The largest absolute Gasteiger partial charge is 0.275 e. The summed E-state index contributed by atoms with van der Waals surface area (Å²) in [6.07, 6.45) is 0. The van der Waals surface area contributed by atoms with Gasteiger partial charge in [0.1, 0.15) is 0 Å². The predicted octanol–water partition coefficient (Wildman–Crippen LogP) is 8.43. The highest BCUT2D eigenvalue weighted by molar-refractivity contribution is 6.19. The van der Waals surface area contributed by atoms with Crippen LogP contribution in [0.1, 0.15) is 5.56 Å². The minimum absolute atomic E-state index is 0.00301. The molecule has 0 N–H and O–H groups in total. The van der Waals surface area contributed by atoms with Gasteiger partial charge in [-0.2, -0.15) is 0 Å². The highest BCUT2D eigenvalue weighted by Crippen LogP contribution is 2.42. The Labute approximate surface area is 208 Å². The fourth-order valence-electron chi connectivity index (χ4n) is 5.74. The van der Waals surface area contributed by atoms with Crippen LogP contribution in [-0.4, -0.2) is 4.57 Å². The zero-order chi connectivity index (χ0) is 24.2. The lowest BCUT2D eigenvalue weighted by Gasteiger charge is -2.21. The quantitative estimate of drug-likeness (QED) is 0.187. The van der Waals surface area contributed by atoms with Crippen molar-refractivity contribution in [2.75, 3.05) is 0 Å². The van der Waals surface area contributed by atoms with E-state index in [1.165, 1.54) is 16.7 Å². The van der Waals surface area contributed by atoms with E-state index in [4.69, 9.17) is 0 Å². The standard InChI is InChI=1S/C34H23NO/c1-22-12-2-3-13-23(22)32-26-16-5-7-18-28(26)33(29-19-8-6-17-27(29)32)35-31-21-11-10-15-25(31)24-14-4-9-20-30(24)34(35)36/h2-21H,1H3. The minimum atomic E-state index is 0.00301. The van der Waals surface area contributed by atoms with Crippen molar-refractivity contribution in [2.45, 2.75) is 6.92 Å². The van der Waals surface area contributed by atoms with Gasteiger partial charge in [0.15, 0.2) is 0 Å². The number of rotatable bonds is 2. The molecule has 1 heterocycles. The van der Waals surface area contributed by atoms with Gasteiger partial charge >= 0.3 is 0 Å². The fourth-order valence-corrected chi connectivity index (χ4v) is 5.74. The van der Waals surface area contributed by atoms with Crippen LogP contribution in [0.15, 0.2) is 126 Å². The summed E-state index contributed by atoms with van der Waals surface area (Å²) in [6.45, 7) is 2.16. The van der Waals surface area contributed by atoms with E-state index < -0.39 is 0 Å². The molecule has 0 aliphatic heterocycles. The molecule has 0 saturated heterocycles. The van der Waals surface area contributed by atoms with Gasteiger partial charge in [0.25, 0.3) is 5.56 Å². The molecule has 0 spiro atoms. The molecule has 36 heavy (non-hydrogen) atoms. The normalized spacial score (nSPS) is 11.6. The van der Waals surface area contributed by atoms with Crippen LogP contribution in [0, 0.1) is 6.92 Å². The molecule has 1 aromatic heterocycles. The van der Waals surface area contributed by atoms with Crippen molar-refractivity contribution >= 4 is 43.2 Å². The van der Waals surface area contributed by atoms with E-state index in [1.807, 2.05) is 41.0 Å². The molecule has 6 aromatic carbocycles. The molecule has 7 aromatic rings. The van der Waals surface area contributed by atoms with Crippen LogP contribution in [0.25, 0.3) is 60.0 Å². The third-order valence-electron chi connectivity index (χ3n) is 7.34. The molecule has 0 amide bonds. The van der Waals surface area contributed by atoms with E-state index in [-0.39, 0.29) is 5.56 Å². The number of para-hydroxylation sites is 1. The van der Waals surface area contributed by atoms with E-state index in [0.717, 1.165) is 48.9 Å². The number of nitrogens with zero attached hydrogens (tertiary/aromatic N) is 1. The second-order valence-electron chi connectivity index (χ2n) is 9.33. The summed E-state index contributed by atoms with van der Waals surface area (Å²) < 4.78 is 1.93. The lowest BCUT2D eigenvalue weighted by molar-refractivity contribution is 1.08. The number of fused-ring (bicyclic) bond motifs is 5. The first kappa shape index (κ1) is 20.7. The Bertz CT molecular complexity index is 1970. The van der Waals surface area contributed by atoms with Crippen molar-refractivity contribution in [1.29, 1.82) is 0 Å². The topological polar surface area (TPSA) is 22.0 Å². The van der Waals surface area contributed by atoms with E-state index >= 15 is 0 Å². The van der Waals surface area contributed by atoms with Crippen LogP contribution in [0.2, 0.25) is 0 Å². The zero-order valence-corrected chi connectivity index (χ0v) is 19.9. The summed E-state index contributed by atoms with van der Waals surface area (Å²) in [4.78, 5) is 14.2. The predicted molar refractivity (Wildman–Crippen MR) is 152 cm³/mol. The van der Waals surface area contributed by atoms with Crippen LogP contribution in [0.3, 0.4) is 0 Å². The molecule has 170 valence electrons. The van der Waals surface area contributed by atoms with Crippen LogP contribution in [-0.2, 0) is 0 Å². The maximum absolute atomic E-state index is 14.2. The SMILES string of the molecule is Cc1ccccc1-c1c2ccccc2c(-n2c(=O)c3ccccc3c3ccccc32)c2ccccc12. The molecule has 7 rings (SSSR count). The molecule has 0 aliphatic carbocycles. The molecular weight excluding hydrogens is 438 g/mol. The Morgan fingerprint density at radius 2 is 0.944 bits per heavy atom. The van der Waals surface area contributed by atoms with Crippen molar-refractivity contribution < 1.29 is 0 Å². The maximum atomic E-state index is 14.2. The Morgan fingerprint density at radius 1 is 0.472 bits per heavy atom. The third kappa shape index (κ3) is 2.88. The van der Waals surface area contributed by atoms with Crippen molar-refractivity contribution in [3.63, 3.8) is 0 Å². The van der Waals surface area contributed by atoms with Gasteiger partial charge in [0, 0.05) is 21.5 Å². The fraction of sp³-hybridized carbons (Fsp3) is 0.0294. The van der Waals surface area contributed by atoms with Crippen molar-refractivity contribution in [3.05, 3.63) is 137 Å². The average Bonchev–Trinajstić information content (AvgIpc) is 2.93. The van der Waals surface area contributed by atoms with Crippen LogP contribution < -0.4 is 5.56 Å². The molecule has 0 bridgehead atoms. The third-order valence-corrected chi connectivity index (χ3v) is 7.34. The Balaban J connectivity index is 1.76. The molecule has 2 heteroatoms. The molecular formula is C34H23NO. The van der Waals surface area contributed by atoms with Crippen LogP contribution in [0.5, 0.6) is 0 Å². The van der Waals surface area contributed by atoms with Crippen molar-refractivity contribution in [2.24, 2.45) is 0 Å². The molecule has 2 nitrogen and oxygen atoms in total. The number of aromatic nitrogens is 1. The highest BCUT2D eigenvalue weighted by atomic mass is 16.1. The summed E-state index contributed by atoms with van der Waals surface area (Å²) in [5.74, 6) is 0. The average molecular weight is 462 g/mol. The van der Waals surface area contributed by atoms with Gasteiger partial charge in [-0.25, -0.2) is 0 Å². The zero-order valence-electron chi connectivity index (χ0n) is 19.9. The van der Waals surface area contributed by atoms with Gasteiger partial charge in [0.2, 0.25) is 0 Å². The first-order valence-electron chi connectivity index (χ1n) is 12.3. The summed E-state index contributed by atoms with van der Waals surface area (Å²) in [5, 5.41) is 7.21. The number of aryl methyl sites for hydroxylation is 1. The van der Waals surface area contributed by atoms with Gasteiger partial charge in [-0.3, -0.25) is 9.36 Å². The van der Waals surface area contributed by atoms with E-state index in [2.05, 4.69) is 91.9 Å². The second-order valence-corrected chi connectivity index (χ2v) is 9.33. The van der Waals surface area contributed by atoms with Gasteiger partial charge in [-0.1, -0.05) is 109 Å². The molecule has 0 aliphatic rings. The molecule has 0 unspecified atom stereocenters. The molecule has 0 saturated carbocycles. The number of hydrogen-bond acceptors (Lipinski definition) is 1. The van der Waals surface area contributed by atoms with Gasteiger partial charge in [-0.05, 0) is 51.9 Å². The Morgan fingerprint density at radius 3 is 1.58 bits per heavy atom. The summed E-state index contributed by atoms with van der Waals surface area (Å²) in [5.41, 5.74) is 5.51. The Hall–Kier alpha value is -4.69. The maximum Gasteiger partial charge on any atom is 0.263 e. The highest BCUT2D eigenvalue weighted by Gasteiger charge is 2.20. The molecule has 0 fully saturated rings.